The minimum atomic E-state index is -1.07. The highest BCUT2D eigenvalue weighted by molar-refractivity contribution is 5.94. The van der Waals surface area contributed by atoms with E-state index in [9.17, 15) is 9.59 Å². The van der Waals surface area contributed by atoms with Gasteiger partial charge in [-0.15, -0.1) is 0 Å². The molecule has 0 bridgehead atoms. The predicted molar refractivity (Wildman–Crippen MR) is 49.8 cm³/mol. The van der Waals surface area contributed by atoms with Crippen LogP contribution in [0.15, 0.2) is 24.5 Å². The molecule has 4 heteroatoms. The van der Waals surface area contributed by atoms with Crippen molar-refractivity contribution >= 4 is 11.8 Å². The Balaban J connectivity index is 2.34. The molecule has 0 atom stereocenters. The van der Waals surface area contributed by atoms with Gasteiger partial charge in [0, 0.05) is 18.8 Å². The second kappa shape index (κ2) is 5.11. The molecular formula is C10H11NO3. The van der Waals surface area contributed by atoms with Crippen molar-refractivity contribution in [1.82, 2.24) is 4.98 Å². The maximum atomic E-state index is 11.0. The third-order valence-electron chi connectivity index (χ3n) is 1.79. The smallest absolute Gasteiger partial charge is 0.310 e. The fourth-order valence-corrected chi connectivity index (χ4v) is 1.09. The summed E-state index contributed by atoms with van der Waals surface area (Å²) in [5.74, 6) is -1.31. The molecule has 74 valence electrons. The van der Waals surface area contributed by atoms with Crippen LogP contribution in [0.5, 0.6) is 0 Å². The Morgan fingerprint density at radius 3 is 2.50 bits per heavy atom. The molecular weight excluding hydrogens is 182 g/mol. The highest BCUT2D eigenvalue weighted by Crippen LogP contribution is 2.02. The topological polar surface area (TPSA) is 67.3 Å². The Morgan fingerprint density at radius 2 is 1.93 bits per heavy atom. The molecule has 0 unspecified atom stereocenters. The molecule has 0 aromatic carbocycles. The van der Waals surface area contributed by atoms with Gasteiger partial charge < -0.3 is 5.11 Å². The highest BCUT2D eigenvalue weighted by atomic mass is 16.4. The van der Waals surface area contributed by atoms with E-state index >= 15 is 0 Å². The highest BCUT2D eigenvalue weighted by Gasteiger charge is 2.07. The zero-order valence-corrected chi connectivity index (χ0v) is 7.64. The van der Waals surface area contributed by atoms with E-state index in [1.54, 1.807) is 12.4 Å². The minimum absolute atomic E-state index is 0.241. The van der Waals surface area contributed by atoms with Crippen LogP contribution >= 0.6 is 0 Å². The fourth-order valence-electron chi connectivity index (χ4n) is 1.09. The second-order valence-corrected chi connectivity index (χ2v) is 2.96. The molecule has 0 fully saturated rings. The van der Waals surface area contributed by atoms with E-state index in [1.807, 2.05) is 12.1 Å². The zero-order chi connectivity index (χ0) is 10.4. The summed E-state index contributed by atoms with van der Waals surface area (Å²) >= 11 is 0. The lowest BCUT2D eigenvalue weighted by molar-refractivity contribution is -0.140. The number of rotatable bonds is 5. The number of carbonyl (C=O) groups excluding carboxylic acids is 1. The Labute approximate surface area is 81.6 Å². The molecule has 1 aromatic rings. The van der Waals surface area contributed by atoms with E-state index < -0.39 is 5.97 Å². The Kier molecular flexibility index (Phi) is 3.79. The number of nitrogens with zero attached hydrogens (tertiary/aromatic N) is 1. The third kappa shape index (κ3) is 3.80. The first-order valence-electron chi connectivity index (χ1n) is 4.31. The third-order valence-corrected chi connectivity index (χ3v) is 1.79. The van der Waals surface area contributed by atoms with Crippen molar-refractivity contribution in [3.8, 4) is 0 Å². The van der Waals surface area contributed by atoms with Crippen molar-refractivity contribution in [2.45, 2.75) is 19.3 Å². The largest absolute Gasteiger partial charge is 0.481 e. The molecule has 0 amide bonds. The number of ketones is 1. The summed E-state index contributed by atoms with van der Waals surface area (Å²) in [6.45, 7) is 0. The van der Waals surface area contributed by atoms with Gasteiger partial charge in [-0.1, -0.05) is 0 Å². The van der Waals surface area contributed by atoms with Gasteiger partial charge in [-0.25, -0.2) is 0 Å². The summed E-state index contributed by atoms with van der Waals surface area (Å²) in [6.07, 6.45) is 3.77. The lowest BCUT2D eigenvalue weighted by atomic mass is 10.1. The summed E-state index contributed by atoms with van der Waals surface area (Å²) in [5.41, 5.74) is 0.999. The minimum Gasteiger partial charge on any atom is -0.481 e. The average molecular weight is 193 g/mol. The normalized spacial score (nSPS) is 9.71. The number of carbonyl (C=O) groups is 2. The summed E-state index contributed by atoms with van der Waals surface area (Å²) < 4.78 is 0. The molecule has 14 heavy (non-hydrogen) atoms. The maximum Gasteiger partial charge on any atom is 0.310 e. The molecule has 0 radical (unpaired) electrons. The van der Waals surface area contributed by atoms with Gasteiger partial charge in [0.05, 0.1) is 0 Å². The summed E-state index contributed by atoms with van der Waals surface area (Å²) in [5, 5.41) is 8.35. The van der Waals surface area contributed by atoms with Gasteiger partial charge in [-0.05, 0) is 24.1 Å². The van der Waals surface area contributed by atoms with E-state index in [2.05, 4.69) is 4.98 Å². The summed E-state index contributed by atoms with van der Waals surface area (Å²) in [7, 11) is 0. The van der Waals surface area contributed by atoms with Gasteiger partial charge in [0.2, 0.25) is 0 Å². The second-order valence-electron chi connectivity index (χ2n) is 2.96. The van der Waals surface area contributed by atoms with Crippen LogP contribution in [0.25, 0.3) is 0 Å². The van der Waals surface area contributed by atoms with Gasteiger partial charge >= 0.3 is 5.97 Å². The first-order valence-corrected chi connectivity index (χ1v) is 4.31. The van der Waals surface area contributed by atoms with Crippen LogP contribution in [0.2, 0.25) is 0 Å². The molecule has 0 aliphatic heterocycles. The lowest BCUT2D eigenvalue weighted by Gasteiger charge is -1.98. The first-order chi connectivity index (χ1) is 6.68. The van der Waals surface area contributed by atoms with Crippen molar-refractivity contribution in [3.05, 3.63) is 30.1 Å². The standard InChI is InChI=1S/C10H11NO3/c12-9(7-10(13)14)2-1-8-3-5-11-6-4-8/h3-6H,1-2,7H2,(H,13,14). The Hall–Kier alpha value is -1.71. The van der Waals surface area contributed by atoms with Gasteiger partial charge in [0.25, 0.3) is 0 Å². The maximum absolute atomic E-state index is 11.0. The van der Waals surface area contributed by atoms with Gasteiger partial charge in [-0.2, -0.15) is 0 Å². The van der Waals surface area contributed by atoms with E-state index in [0.29, 0.717) is 6.42 Å². The van der Waals surface area contributed by atoms with Gasteiger partial charge in [0.1, 0.15) is 12.2 Å². The van der Waals surface area contributed by atoms with Crippen LogP contribution in [0.3, 0.4) is 0 Å². The predicted octanol–water partition coefficient (Wildman–Crippen LogP) is 1.06. The van der Waals surface area contributed by atoms with Crippen molar-refractivity contribution in [3.63, 3.8) is 0 Å². The van der Waals surface area contributed by atoms with Gasteiger partial charge in [0.15, 0.2) is 0 Å². The quantitative estimate of drug-likeness (QED) is 0.710. The number of aryl methyl sites for hydroxylation is 1. The van der Waals surface area contributed by atoms with Crippen molar-refractivity contribution in [2.75, 3.05) is 0 Å². The van der Waals surface area contributed by atoms with Crippen LogP contribution in [0, 0.1) is 0 Å². The number of carboxylic acids is 1. The molecule has 0 aliphatic carbocycles. The molecule has 0 aliphatic rings. The van der Waals surface area contributed by atoms with Crippen LogP contribution < -0.4 is 0 Å². The van der Waals surface area contributed by atoms with Crippen LogP contribution in [0.1, 0.15) is 18.4 Å². The van der Waals surface area contributed by atoms with Gasteiger partial charge in [-0.3, -0.25) is 14.6 Å². The molecule has 0 saturated heterocycles. The van der Waals surface area contributed by atoms with E-state index in [4.69, 9.17) is 5.11 Å². The first kappa shape index (κ1) is 10.4. The summed E-state index contributed by atoms with van der Waals surface area (Å²) in [6, 6.07) is 3.63. The van der Waals surface area contributed by atoms with E-state index in [-0.39, 0.29) is 18.6 Å². The van der Waals surface area contributed by atoms with E-state index in [1.165, 1.54) is 0 Å². The molecule has 1 rings (SSSR count). The lowest BCUT2D eigenvalue weighted by Crippen LogP contribution is -2.07. The molecule has 1 heterocycles. The molecule has 0 spiro atoms. The fraction of sp³-hybridized carbons (Fsp3) is 0.300. The molecule has 1 N–H and O–H groups in total. The number of hydrogen-bond acceptors (Lipinski definition) is 3. The summed E-state index contributed by atoms with van der Waals surface area (Å²) in [4.78, 5) is 25.1. The van der Waals surface area contributed by atoms with Crippen molar-refractivity contribution in [2.24, 2.45) is 0 Å². The monoisotopic (exact) mass is 193 g/mol. The number of pyridine rings is 1. The van der Waals surface area contributed by atoms with Crippen molar-refractivity contribution in [1.29, 1.82) is 0 Å². The van der Waals surface area contributed by atoms with Crippen LogP contribution in [-0.2, 0) is 16.0 Å². The van der Waals surface area contributed by atoms with Crippen LogP contribution in [0.4, 0.5) is 0 Å². The zero-order valence-electron chi connectivity index (χ0n) is 7.64. The average Bonchev–Trinajstić information content (AvgIpc) is 2.15. The van der Waals surface area contributed by atoms with Crippen LogP contribution in [-0.4, -0.2) is 21.8 Å². The number of Topliss-reactive ketones (excluding diaryl/α,β-unsaturated/α-hetero) is 1. The Morgan fingerprint density at radius 1 is 1.29 bits per heavy atom. The Bertz CT molecular complexity index is 321. The molecule has 4 nitrogen and oxygen atoms in total. The number of hydrogen-bond donors (Lipinski definition) is 1. The van der Waals surface area contributed by atoms with Crippen molar-refractivity contribution < 1.29 is 14.7 Å². The number of carboxylic acid groups (broad SMARTS) is 1. The number of aliphatic carboxylic acids is 1. The van der Waals surface area contributed by atoms with E-state index in [0.717, 1.165) is 5.56 Å². The molecule has 1 aromatic heterocycles. The molecule has 0 saturated carbocycles. The number of aromatic nitrogens is 1. The SMILES string of the molecule is O=C(O)CC(=O)CCc1ccncc1.